The number of nitro benzene ring substituents is 1. The van der Waals surface area contributed by atoms with Gasteiger partial charge in [-0.2, -0.15) is 0 Å². The Morgan fingerprint density at radius 3 is 2.23 bits per heavy atom. The van der Waals surface area contributed by atoms with Gasteiger partial charge >= 0.3 is 0 Å². The van der Waals surface area contributed by atoms with Gasteiger partial charge < -0.3 is 5.32 Å². The molecule has 128 valence electrons. The molecule has 2 aliphatic rings. The van der Waals surface area contributed by atoms with Crippen molar-refractivity contribution in [1.82, 2.24) is 5.32 Å². The minimum absolute atomic E-state index is 0.00215. The second-order valence-corrected chi connectivity index (χ2v) is 6.15. The Balaban J connectivity index is 1.89. The first-order valence-electron chi connectivity index (χ1n) is 7.94. The summed E-state index contributed by atoms with van der Waals surface area (Å²) in [4.78, 5) is 47.7. The first kappa shape index (κ1) is 15.9. The number of benzene rings is 2. The quantitative estimate of drug-likeness (QED) is 0.509. The van der Waals surface area contributed by atoms with Crippen LogP contribution in [-0.4, -0.2) is 22.4 Å². The molecule has 0 aromatic heterocycles. The first-order chi connectivity index (χ1) is 12.5. The van der Waals surface area contributed by atoms with Gasteiger partial charge in [-0.3, -0.25) is 24.5 Å². The maximum atomic E-state index is 12.7. The number of nitro groups is 1. The van der Waals surface area contributed by atoms with Crippen molar-refractivity contribution < 1.29 is 19.3 Å². The monoisotopic (exact) mass is 348 g/mol. The van der Waals surface area contributed by atoms with E-state index in [4.69, 9.17) is 0 Å². The van der Waals surface area contributed by atoms with E-state index < -0.39 is 22.4 Å². The van der Waals surface area contributed by atoms with Crippen LogP contribution >= 0.6 is 0 Å². The van der Waals surface area contributed by atoms with Crippen LogP contribution in [0.2, 0.25) is 0 Å². The van der Waals surface area contributed by atoms with Gasteiger partial charge in [-0.15, -0.1) is 0 Å². The number of carbonyl (C=O) groups excluding carboxylic acids is 3. The van der Waals surface area contributed by atoms with Crippen molar-refractivity contribution in [2.45, 2.75) is 12.3 Å². The highest BCUT2D eigenvalue weighted by atomic mass is 16.6. The van der Waals surface area contributed by atoms with Gasteiger partial charge in [-0.1, -0.05) is 36.4 Å². The molecule has 7 heteroatoms. The third kappa shape index (κ3) is 2.33. The van der Waals surface area contributed by atoms with Crippen LogP contribution in [0.1, 0.15) is 33.8 Å². The molecule has 26 heavy (non-hydrogen) atoms. The minimum atomic E-state index is -0.651. The first-order valence-corrected chi connectivity index (χ1v) is 7.94. The van der Waals surface area contributed by atoms with Crippen molar-refractivity contribution in [1.29, 1.82) is 0 Å². The van der Waals surface area contributed by atoms with Crippen LogP contribution in [0.4, 0.5) is 5.69 Å². The van der Waals surface area contributed by atoms with E-state index in [9.17, 15) is 24.5 Å². The molecule has 0 bridgehead atoms. The van der Waals surface area contributed by atoms with Crippen molar-refractivity contribution in [2.24, 2.45) is 0 Å². The number of allylic oxidation sites excluding steroid dienone is 1. The summed E-state index contributed by atoms with van der Waals surface area (Å²) in [7, 11) is 0. The number of amides is 1. The van der Waals surface area contributed by atoms with Gasteiger partial charge in [0.1, 0.15) is 0 Å². The zero-order valence-corrected chi connectivity index (χ0v) is 13.4. The highest BCUT2D eigenvalue weighted by molar-refractivity contribution is 6.53. The third-order valence-electron chi connectivity index (χ3n) is 4.67. The number of hydrogen-bond acceptors (Lipinski definition) is 5. The predicted molar refractivity (Wildman–Crippen MR) is 91.3 cm³/mol. The zero-order chi connectivity index (χ0) is 18.4. The smallest absolute Gasteiger partial charge is 0.269 e. The Labute approximate surface area is 147 Å². The van der Waals surface area contributed by atoms with Crippen molar-refractivity contribution in [3.63, 3.8) is 0 Å². The standard InChI is InChI=1S/C19H12N2O5/c22-15-9-14(10-5-7-11(8-6-10)21(25)26)16-17(20-15)12-3-1-2-4-13(12)18(23)19(16)24/h1-8,14H,9H2,(H,20,22). The van der Waals surface area contributed by atoms with E-state index in [1.54, 1.807) is 24.3 Å². The molecule has 1 heterocycles. The van der Waals surface area contributed by atoms with Crippen LogP contribution < -0.4 is 5.32 Å². The number of ketones is 2. The summed E-state index contributed by atoms with van der Waals surface area (Å²) in [5.74, 6) is -2.15. The summed E-state index contributed by atoms with van der Waals surface area (Å²) in [6, 6.07) is 12.3. The van der Waals surface area contributed by atoms with Gasteiger partial charge in [0.15, 0.2) is 0 Å². The van der Waals surface area contributed by atoms with Crippen LogP contribution in [0.5, 0.6) is 0 Å². The van der Waals surface area contributed by atoms with Crippen LogP contribution in [0.15, 0.2) is 54.1 Å². The van der Waals surface area contributed by atoms with Crippen LogP contribution in [0.25, 0.3) is 5.70 Å². The van der Waals surface area contributed by atoms with E-state index in [2.05, 4.69) is 5.32 Å². The normalized spacial score (nSPS) is 18.9. The molecule has 0 saturated carbocycles. The van der Waals surface area contributed by atoms with E-state index in [1.165, 1.54) is 24.3 Å². The molecule has 1 atom stereocenters. The summed E-state index contributed by atoms with van der Waals surface area (Å²) < 4.78 is 0. The Morgan fingerprint density at radius 2 is 1.58 bits per heavy atom. The molecule has 4 rings (SSSR count). The minimum Gasteiger partial charge on any atom is -0.325 e. The molecule has 0 spiro atoms. The molecule has 0 saturated heterocycles. The molecule has 0 radical (unpaired) electrons. The van der Waals surface area contributed by atoms with Gasteiger partial charge in [-0.25, -0.2) is 0 Å². The average molecular weight is 348 g/mol. The van der Waals surface area contributed by atoms with E-state index in [1.807, 2.05) is 0 Å². The lowest BCUT2D eigenvalue weighted by Crippen LogP contribution is -2.39. The molecule has 7 nitrogen and oxygen atoms in total. The molecule has 1 aliphatic carbocycles. The number of carbonyl (C=O) groups is 3. The fourth-order valence-corrected chi connectivity index (χ4v) is 3.46. The third-order valence-corrected chi connectivity index (χ3v) is 4.67. The van der Waals surface area contributed by atoms with Crippen molar-refractivity contribution in [3.8, 4) is 0 Å². The summed E-state index contributed by atoms with van der Waals surface area (Å²) in [5, 5.41) is 13.5. The lowest BCUT2D eigenvalue weighted by molar-refractivity contribution is -0.384. The Hall–Kier alpha value is -3.61. The van der Waals surface area contributed by atoms with Crippen LogP contribution in [0.3, 0.4) is 0 Å². The molecular formula is C19H12N2O5. The van der Waals surface area contributed by atoms with E-state index in [0.29, 0.717) is 16.8 Å². The van der Waals surface area contributed by atoms with Crippen molar-refractivity contribution in [3.05, 3.63) is 80.9 Å². The number of rotatable bonds is 2. The fraction of sp³-hybridized carbons (Fsp3) is 0.105. The van der Waals surface area contributed by atoms with Gasteiger partial charge in [0.25, 0.3) is 5.69 Å². The second kappa shape index (κ2) is 5.73. The summed E-state index contributed by atoms with van der Waals surface area (Å²) in [5.41, 5.74) is 1.87. The number of nitrogens with zero attached hydrogens (tertiary/aromatic N) is 1. The Bertz CT molecular complexity index is 1020. The van der Waals surface area contributed by atoms with Crippen LogP contribution in [0, 0.1) is 10.1 Å². The number of hydrogen-bond donors (Lipinski definition) is 1. The van der Waals surface area contributed by atoms with Gasteiger partial charge in [0, 0.05) is 41.2 Å². The number of non-ortho nitro benzene ring substituents is 1. The van der Waals surface area contributed by atoms with Gasteiger partial charge in [0.2, 0.25) is 17.5 Å². The Morgan fingerprint density at radius 1 is 0.923 bits per heavy atom. The summed E-state index contributed by atoms with van der Waals surface area (Å²) in [6.07, 6.45) is -0.00215. The highest BCUT2D eigenvalue weighted by Crippen LogP contribution is 2.40. The van der Waals surface area contributed by atoms with Crippen molar-refractivity contribution >= 4 is 28.9 Å². The van der Waals surface area contributed by atoms with E-state index >= 15 is 0 Å². The predicted octanol–water partition coefficient (Wildman–Crippen LogP) is 2.38. The van der Waals surface area contributed by atoms with Gasteiger partial charge in [-0.05, 0) is 5.56 Å². The molecule has 1 unspecified atom stereocenters. The zero-order valence-electron chi connectivity index (χ0n) is 13.4. The highest BCUT2D eigenvalue weighted by Gasteiger charge is 2.41. The fourth-order valence-electron chi connectivity index (χ4n) is 3.46. The molecule has 1 N–H and O–H groups in total. The lowest BCUT2D eigenvalue weighted by Gasteiger charge is -2.31. The van der Waals surface area contributed by atoms with E-state index in [-0.39, 0.29) is 29.2 Å². The number of fused-ring (bicyclic) bond motifs is 2. The Kier molecular flexibility index (Phi) is 3.50. The molecule has 0 fully saturated rings. The topological polar surface area (TPSA) is 106 Å². The average Bonchev–Trinajstić information content (AvgIpc) is 2.65. The van der Waals surface area contributed by atoms with E-state index in [0.717, 1.165) is 0 Å². The molecule has 2 aromatic rings. The SMILES string of the molecule is O=C1CC(c2ccc([N+](=O)[O-])cc2)C2=C(N1)c1ccccc1C(=O)C2=O. The second-order valence-electron chi connectivity index (χ2n) is 6.15. The lowest BCUT2D eigenvalue weighted by atomic mass is 9.75. The largest absolute Gasteiger partial charge is 0.325 e. The van der Waals surface area contributed by atoms with Crippen LogP contribution in [-0.2, 0) is 9.59 Å². The summed E-state index contributed by atoms with van der Waals surface area (Å²) in [6.45, 7) is 0. The molecule has 1 amide bonds. The van der Waals surface area contributed by atoms with Crippen molar-refractivity contribution in [2.75, 3.05) is 0 Å². The summed E-state index contributed by atoms with van der Waals surface area (Å²) >= 11 is 0. The maximum absolute atomic E-state index is 12.7. The molecular weight excluding hydrogens is 336 g/mol. The maximum Gasteiger partial charge on any atom is 0.269 e. The molecule has 2 aromatic carbocycles. The molecule has 1 aliphatic heterocycles. The number of Topliss-reactive ketones (excluding diaryl/α,β-unsaturated/α-hetero) is 2. The number of nitrogens with one attached hydrogen (secondary N) is 1. The van der Waals surface area contributed by atoms with Gasteiger partial charge in [0.05, 0.1) is 10.6 Å².